The quantitative estimate of drug-likeness (QED) is 0.767. The van der Waals surface area contributed by atoms with E-state index in [0.29, 0.717) is 19.3 Å². The van der Waals surface area contributed by atoms with Gasteiger partial charge in [0.15, 0.2) is 0 Å². The third-order valence-electron chi connectivity index (χ3n) is 4.67. The number of carboxylic acids is 1. The molecule has 3 rings (SSSR count). The maximum absolute atomic E-state index is 12.0. The number of aromatic nitrogens is 1. The second-order valence-electron chi connectivity index (χ2n) is 6.33. The van der Waals surface area contributed by atoms with E-state index in [2.05, 4.69) is 16.4 Å². The van der Waals surface area contributed by atoms with Gasteiger partial charge in [-0.25, -0.2) is 0 Å². The minimum atomic E-state index is -0.749. The van der Waals surface area contributed by atoms with Crippen LogP contribution in [0.2, 0.25) is 0 Å². The fourth-order valence-corrected chi connectivity index (χ4v) is 3.41. The second kappa shape index (κ2) is 6.86. The molecule has 0 radical (unpaired) electrons. The van der Waals surface area contributed by atoms with Crippen molar-refractivity contribution >= 4 is 22.8 Å². The number of aliphatic carboxylic acids is 1. The zero-order valence-electron chi connectivity index (χ0n) is 13.0. The average Bonchev–Trinajstić information content (AvgIpc) is 3.15. The molecule has 1 saturated carbocycles. The number of fused-ring (bicyclic) bond motifs is 1. The molecule has 0 aliphatic heterocycles. The number of amides is 1. The highest BCUT2D eigenvalue weighted by Gasteiger charge is 2.30. The van der Waals surface area contributed by atoms with Gasteiger partial charge in [0.1, 0.15) is 0 Å². The summed E-state index contributed by atoms with van der Waals surface area (Å²) in [6.45, 7) is 0. The van der Waals surface area contributed by atoms with Crippen LogP contribution in [0.5, 0.6) is 0 Å². The second-order valence-corrected chi connectivity index (χ2v) is 6.33. The Bertz CT molecular complexity index is 707. The van der Waals surface area contributed by atoms with Gasteiger partial charge in [0, 0.05) is 29.6 Å². The summed E-state index contributed by atoms with van der Waals surface area (Å²) in [5.41, 5.74) is 2.36. The highest BCUT2D eigenvalue weighted by Crippen LogP contribution is 2.25. The first-order chi connectivity index (χ1) is 11.1. The third kappa shape index (κ3) is 3.73. The Kier molecular flexibility index (Phi) is 4.65. The summed E-state index contributed by atoms with van der Waals surface area (Å²) in [4.78, 5) is 26.2. The molecule has 0 unspecified atom stereocenters. The number of carbonyl (C=O) groups excluding carboxylic acids is 1. The molecule has 0 bridgehead atoms. The highest BCUT2D eigenvalue weighted by atomic mass is 16.4. The van der Waals surface area contributed by atoms with E-state index in [1.165, 1.54) is 10.9 Å². The topological polar surface area (TPSA) is 82.2 Å². The summed E-state index contributed by atoms with van der Waals surface area (Å²) >= 11 is 0. The van der Waals surface area contributed by atoms with Gasteiger partial charge in [0.05, 0.1) is 5.92 Å². The minimum Gasteiger partial charge on any atom is -0.481 e. The number of nitrogens with one attached hydrogen (secondary N) is 2. The van der Waals surface area contributed by atoms with Crippen molar-refractivity contribution in [3.05, 3.63) is 36.0 Å². The molecule has 3 N–H and O–H groups in total. The molecule has 23 heavy (non-hydrogen) atoms. The zero-order chi connectivity index (χ0) is 16.2. The van der Waals surface area contributed by atoms with E-state index in [1.54, 1.807) is 0 Å². The molecule has 1 aromatic heterocycles. The van der Waals surface area contributed by atoms with E-state index in [9.17, 15) is 9.59 Å². The molecule has 5 nitrogen and oxygen atoms in total. The number of aryl methyl sites for hydroxylation is 1. The van der Waals surface area contributed by atoms with Crippen LogP contribution in [-0.2, 0) is 16.0 Å². The van der Waals surface area contributed by atoms with Crippen molar-refractivity contribution in [2.45, 2.75) is 44.6 Å². The summed E-state index contributed by atoms with van der Waals surface area (Å²) in [5.74, 6) is -1.02. The smallest absolute Gasteiger partial charge is 0.306 e. The molecule has 2 atom stereocenters. The van der Waals surface area contributed by atoms with E-state index in [0.717, 1.165) is 24.8 Å². The maximum atomic E-state index is 12.0. The van der Waals surface area contributed by atoms with Crippen LogP contribution in [0.3, 0.4) is 0 Å². The number of hydrogen-bond donors (Lipinski definition) is 3. The minimum absolute atomic E-state index is 0.0247. The lowest BCUT2D eigenvalue weighted by molar-refractivity contribution is -0.141. The van der Waals surface area contributed by atoms with Crippen molar-refractivity contribution in [2.75, 3.05) is 0 Å². The summed E-state index contributed by atoms with van der Waals surface area (Å²) in [6.07, 6.45) is 6.14. The van der Waals surface area contributed by atoms with Crippen LogP contribution < -0.4 is 5.32 Å². The maximum Gasteiger partial charge on any atom is 0.306 e. The van der Waals surface area contributed by atoms with E-state index < -0.39 is 5.97 Å². The molecule has 0 saturated heterocycles. The summed E-state index contributed by atoms with van der Waals surface area (Å²) in [5, 5.41) is 13.2. The number of hydrogen-bond acceptors (Lipinski definition) is 2. The van der Waals surface area contributed by atoms with Crippen molar-refractivity contribution in [3.63, 3.8) is 0 Å². The van der Waals surface area contributed by atoms with Gasteiger partial charge in [-0.1, -0.05) is 18.2 Å². The van der Waals surface area contributed by atoms with Crippen LogP contribution in [0.1, 0.15) is 37.7 Å². The Morgan fingerprint density at radius 2 is 2.09 bits per heavy atom. The lowest BCUT2D eigenvalue weighted by atomic mass is 10.1. The van der Waals surface area contributed by atoms with E-state index >= 15 is 0 Å². The van der Waals surface area contributed by atoms with Crippen molar-refractivity contribution in [1.82, 2.24) is 10.3 Å². The number of carbonyl (C=O) groups is 2. The molecule has 1 aliphatic rings. The third-order valence-corrected chi connectivity index (χ3v) is 4.67. The number of aromatic amines is 1. The first-order valence-corrected chi connectivity index (χ1v) is 8.20. The predicted molar refractivity (Wildman–Crippen MR) is 88.1 cm³/mol. The molecule has 1 aromatic carbocycles. The fraction of sp³-hybridized carbons (Fsp3) is 0.444. The molecular weight excluding hydrogens is 292 g/mol. The predicted octanol–water partition coefficient (Wildman–Crippen LogP) is 2.86. The van der Waals surface area contributed by atoms with Gasteiger partial charge in [0.25, 0.3) is 0 Å². The molecule has 2 aromatic rings. The SMILES string of the molecule is O=C(CCCc1c[nH]c2ccccc12)N[C@H]1CC[C@@H](C(=O)O)C1. The van der Waals surface area contributed by atoms with E-state index in [-0.39, 0.29) is 17.9 Å². The lowest BCUT2D eigenvalue weighted by Crippen LogP contribution is -2.33. The van der Waals surface area contributed by atoms with Gasteiger partial charge in [-0.2, -0.15) is 0 Å². The summed E-state index contributed by atoms with van der Waals surface area (Å²) in [7, 11) is 0. The monoisotopic (exact) mass is 314 g/mol. The van der Waals surface area contributed by atoms with Crippen molar-refractivity contribution in [3.8, 4) is 0 Å². The Labute approximate surface area is 135 Å². The van der Waals surface area contributed by atoms with Gasteiger partial charge in [-0.3, -0.25) is 9.59 Å². The molecule has 5 heteroatoms. The summed E-state index contributed by atoms with van der Waals surface area (Å²) < 4.78 is 0. The number of para-hydroxylation sites is 1. The number of rotatable bonds is 6. The lowest BCUT2D eigenvalue weighted by Gasteiger charge is -2.12. The fourth-order valence-electron chi connectivity index (χ4n) is 3.41. The largest absolute Gasteiger partial charge is 0.481 e. The molecular formula is C18H22N2O3. The highest BCUT2D eigenvalue weighted by molar-refractivity contribution is 5.83. The average molecular weight is 314 g/mol. The van der Waals surface area contributed by atoms with Crippen LogP contribution in [0.4, 0.5) is 0 Å². The first-order valence-electron chi connectivity index (χ1n) is 8.20. The van der Waals surface area contributed by atoms with Crippen molar-refractivity contribution in [1.29, 1.82) is 0 Å². The van der Waals surface area contributed by atoms with Crippen molar-refractivity contribution in [2.24, 2.45) is 5.92 Å². The molecule has 1 aliphatic carbocycles. The standard InChI is InChI=1S/C18H22N2O3/c21-17(20-14-9-8-12(10-14)18(22)23)7-3-4-13-11-19-16-6-2-1-5-15(13)16/h1-2,5-6,11-12,14,19H,3-4,7-10H2,(H,20,21)(H,22,23)/t12-,14+/m1/s1. The number of benzene rings is 1. The Morgan fingerprint density at radius 1 is 1.26 bits per heavy atom. The van der Waals surface area contributed by atoms with Crippen LogP contribution in [0.15, 0.2) is 30.5 Å². The van der Waals surface area contributed by atoms with Gasteiger partial charge in [0.2, 0.25) is 5.91 Å². The first kappa shape index (κ1) is 15.6. The number of H-pyrrole nitrogens is 1. The van der Waals surface area contributed by atoms with Gasteiger partial charge in [-0.05, 0) is 43.7 Å². The molecule has 0 spiro atoms. The van der Waals surface area contributed by atoms with Crippen LogP contribution in [0.25, 0.3) is 10.9 Å². The van der Waals surface area contributed by atoms with Crippen LogP contribution in [0, 0.1) is 5.92 Å². The number of carboxylic acid groups (broad SMARTS) is 1. The van der Waals surface area contributed by atoms with Gasteiger partial charge < -0.3 is 15.4 Å². The molecule has 122 valence electrons. The van der Waals surface area contributed by atoms with Gasteiger partial charge in [-0.15, -0.1) is 0 Å². The molecule has 1 heterocycles. The Morgan fingerprint density at radius 3 is 2.87 bits per heavy atom. The molecule has 1 fully saturated rings. The van der Waals surface area contributed by atoms with E-state index in [1.807, 2.05) is 24.4 Å². The Balaban J connectivity index is 1.44. The zero-order valence-corrected chi connectivity index (χ0v) is 13.0. The van der Waals surface area contributed by atoms with Crippen LogP contribution >= 0.6 is 0 Å². The normalized spacial score (nSPS) is 20.7. The van der Waals surface area contributed by atoms with Crippen molar-refractivity contribution < 1.29 is 14.7 Å². The van der Waals surface area contributed by atoms with Gasteiger partial charge >= 0.3 is 5.97 Å². The molecule has 1 amide bonds. The Hall–Kier alpha value is -2.30. The van der Waals surface area contributed by atoms with E-state index in [4.69, 9.17) is 5.11 Å². The van der Waals surface area contributed by atoms with Crippen LogP contribution in [-0.4, -0.2) is 28.0 Å². The summed E-state index contributed by atoms with van der Waals surface area (Å²) in [6, 6.07) is 8.18.